The molecule has 4 heteroatoms. The number of amides is 1. The number of aryl methyl sites for hydroxylation is 1. The maximum atomic E-state index is 12.4. The molecule has 0 fully saturated rings. The van der Waals surface area contributed by atoms with Crippen LogP contribution in [0.5, 0.6) is 5.75 Å². The van der Waals surface area contributed by atoms with Crippen LogP contribution in [0.2, 0.25) is 5.02 Å². The molecule has 140 valence electrons. The second-order valence-corrected chi connectivity index (χ2v) is 7.43. The van der Waals surface area contributed by atoms with Crippen molar-refractivity contribution in [3.05, 3.63) is 58.1 Å². The molecule has 3 nitrogen and oxygen atoms in total. The van der Waals surface area contributed by atoms with Crippen LogP contribution in [0.3, 0.4) is 0 Å². The molecule has 1 N–H and O–H groups in total. The number of benzene rings is 2. The summed E-state index contributed by atoms with van der Waals surface area (Å²) in [6.45, 7) is 10.4. The number of nitrogens with one attached hydrogen (secondary N) is 1. The van der Waals surface area contributed by atoms with E-state index in [-0.39, 0.29) is 18.4 Å². The summed E-state index contributed by atoms with van der Waals surface area (Å²) in [6, 6.07) is 11.8. The van der Waals surface area contributed by atoms with Gasteiger partial charge in [0.05, 0.1) is 0 Å². The Bertz CT molecular complexity index is 771. The minimum absolute atomic E-state index is 0.0321. The second kappa shape index (κ2) is 9.09. The first-order valence-electron chi connectivity index (χ1n) is 9.15. The quantitative estimate of drug-likeness (QED) is 0.618. The Morgan fingerprint density at radius 1 is 1.15 bits per heavy atom. The van der Waals surface area contributed by atoms with E-state index in [1.807, 2.05) is 37.3 Å². The van der Waals surface area contributed by atoms with Crippen LogP contribution in [-0.4, -0.2) is 12.5 Å². The highest BCUT2D eigenvalue weighted by molar-refractivity contribution is 6.31. The van der Waals surface area contributed by atoms with E-state index in [0.717, 1.165) is 28.8 Å². The summed E-state index contributed by atoms with van der Waals surface area (Å²) in [5.74, 6) is 1.20. The molecular formula is C22H28ClNO2. The lowest BCUT2D eigenvalue weighted by atomic mass is 9.97. The molecule has 0 radical (unpaired) electrons. The number of rotatable bonds is 7. The Kier molecular flexibility index (Phi) is 7.10. The van der Waals surface area contributed by atoms with Crippen molar-refractivity contribution in [1.29, 1.82) is 0 Å². The van der Waals surface area contributed by atoms with Crippen LogP contribution in [0.15, 0.2) is 36.4 Å². The van der Waals surface area contributed by atoms with Crippen LogP contribution >= 0.6 is 11.6 Å². The number of halogens is 1. The maximum Gasteiger partial charge on any atom is 0.262 e. The zero-order valence-corrected chi connectivity index (χ0v) is 17.0. The lowest BCUT2D eigenvalue weighted by Crippen LogP contribution is -2.21. The van der Waals surface area contributed by atoms with Gasteiger partial charge in [0.1, 0.15) is 5.75 Å². The van der Waals surface area contributed by atoms with Crippen molar-refractivity contribution in [2.24, 2.45) is 0 Å². The number of ether oxygens (including phenoxy) is 1. The third-order valence-electron chi connectivity index (χ3n) is 4.65. The van der Waals surface area contributed by atoms with E-state index in [0.29, 0.717) is 16.7 Å². The number of hydrogen-bond donors (Lipinski definition) is 1. The number of carbonyl (C=O) groups is 1. The van der Waals surface area contributed by atoms with Gasteiger partial charge in [-0.25, -0.2) is 0 Å². The topological polar surface area (TPSA) is 38.3 Å². The molecule has 0 aliphatic rings. The summed E-state index contributed by atoms with van der Waals surface area (Å²) < 4.78 is 5.82. The van der Waals surface area contributed by atoms with Crippen molar-refractivity contribution in [2.75, 3.05) is 11.9 Å². The SMILES string of the molecule is CC[C@H](C)c1ccccc1NC(=O)COc1cc(C)c(Cl)cc1C(C)C. The predicted molar refractivity (Wildman–Crippen MR) is 110 cm³/mol. The molecule has 0 aliphatic heterocycles. The third-order valence-corrected chi connectivity index (χ3v) is 5.06. The molecule has 1 amide bonds. The first-order chi connectivity index (χ1) is 12.3. The second-order valence-electron chi connectivity index (χ2n) is 7.03. The van der Waals surface area contributed by atoms with Gasteiger partial charge in [-0.2, -0.15) is 0 Å². The smallest absolute Gasteiger partial charge is 0.262 e. The molecule has 0 bridgehead atoms. The fourth-order valence-electron chi connectivity index (χ4n) is 2.84. The third kappa shape index (κ3) is 5.01. The van der Waals surface area contributed by atoms with Gasteiger partial charge in [0.25, 0.3) is 5.91 Å². The maximum absolute atomic E-state index is 12.4. The zero-order chi connectivity index (χ0) is 19.3. The van der Waals surface area contributed by atoms with Gasteiger partial charge in [0.15, 0.2) is 6.61 Å². The number of anilines is 1. The molecule has 1 atom stereocenters. The standard InChI is InChI=1S/C22H28ClNO2/c1-6-15(4)17-9-7-8-10-20(17)24-22(25)13-26-21-11-16(5)19(23)12-18(21)14(2)3/h7-12,14-15H,6,13H2,1-5H3,(H,24,25)/t15-/m0/s1. The van der Waals surface area contributed by atoms with E-state index in [2.05, 4.69) is 39.1 Å². The summed E-state index contributed by atoms with van der Waals surface area (Å²) in [5, 5.41) is 3.70. The fourth-order valence-corrected chi connectivity index (χ4v) is 3.01. The van der Waals surface area contributed by atoms with Crippen molar-refractivity contribution in [3.63, 3.8) is 0 Å². The van der Waals surface area contributed by atoms with Gasteiger partial charge in [0.2, 0.25) is 0 Å². The monoisotopic (exact) mass is 373 g/mol. The highest BCUT2D eigenvalue weighted by Crippen LogP contribution is 2.32. The van der Waals surface area contributed by atoms with E-state index < -0.39 is 0 Å². The molecule has 0 heterocycles. The van der Waals surface area contributed by atoms with Crippen LogP contribution in [-0.2, 0) is 4.79 Å². The molecule has 0 aliphatic carbocycles. The van der Waals surface area contributed by atoms with Gasteiger partial charge in [0, 0.05) is 10.7 Å². The van der Waals surface area contributed by atoms with Gasteiger partial charge in [-0.3, -0.25) is 4.79 Å². The lowest BCUT2D eigenvalue weighted by molar-refractivity contribution is -0.118. The largest absolute Gasteiger partial charge is 0.483 e. The minimum atomic E-state index is -0.164. The zero-order valence-electron chi connectivity index (χ0n) is 16.2. The Morgan fingerprint density at radius 3 is 2.50 bits per heavy atom. The van der Waals surface area contributed by atoms with E-state index in [1.165, 1.54) is 0 Å². The van der Waals surface area contributed by atoms with E-state index in [9.17, 15) is 4.79 Å². The summed E-state index contributed by atoms with van der Waals surface area (Å²) in [5.41, 5.74) is 3.95. The molecule has 2 rings (SSSR count). The number of para-hydroxylation sites is 1. The van der Waals surface area contributed by atoms with Crippen LogP contribution in [0, 0.1) is 6.92 Å². The molecule has 26 heavy (non-hydrogen) atoms. The molecule has 0 unspecified atom stereocenters. The van der Waals surface area contributed by atoms with Crippen LogP contribution in [0.4, 0.5) is 5.69 Å². The molecule has 0 saturated heterocycles. The molecule has 0 aromatic heterocycles. The van der Waals surface area contributed by atoms with Crippen LogP contribution in [0.1, 0.15) is 62.6 Å². The van der Waals surface area contributed by atoms with Crippen molar-refractivity contribution < 1.29 is 9.53 Å². The summed E-state index contributed by atoms with van der Waals surface area (Å²) >= 11 is 6.23. The van der Waals surface area contributed by atoms with Crippen molar-refractivity contribution in [1.82, 2.24) is 0 Å². The van der Waals surface area contributed by atoms with Gasteiger partial charge in [-0.1, -0.05) is 57.5 Å². The van der Waals surface area contributed by atoms with Crippen molar-refractivity contribution in [3.8, 4) is 5.75 Å². The summed E-state index contributed by atoms with van der Waals surface area (Å²) in [6.07, 6.45) is 1.02. The molecule has 0 saturated carbocycles. The Hall–Kier alpha value is -2.00. The Labute approximate surface area is 161 Å². The number of hydrogen-bond acceptors (Lipinski definition) is 2. The highest BCUT2D eigenvalue weighted by Gasteiger charge is 2.14. The molecular weight excluding hydrogens is 346 g/mol. The van der Waals surface area contributed by atoms with Gasteiger partial charge in [-0.05, 0) is 60.1 Å². The van der Waals surface area contributed by atoms with E-state index in [1.54, 1.807) is 0 Å². The average molecular weight is 374 g/mol. The fraction of sp³-hybridized carbons (Fsp3) is 0.409. The minimum Gasteiger partial charge on any atom is -0.483 e. The first kappa shape index (κ1) is 20.3. The Balaban J connectivity index is 2.10. The van der Waals surface area contributed by atoms with Crippen molar-refractivity contribution >= 4 is 23.2 Å². The summed E-state index contributed by atoms with van der Waals surface area (Å²) in [4.78, 5) is 12.4. The summed E-state index contributed by atoms with van der Waals surface area (Å²) in [7, 11) is 0. The first-order valence-corrected chi connectivity index (χ1v) is 9.52. The molecule has 0 spiro atoms. The van der Waals surface area contributed by atoms with Gasteiger partial charge >= 0.3 is 0 Å². The lowest BCUT2D eigenvalue weighted by Gasteiger charge is -2.17. The predicted octanol–water partition coefficient (Wildman–Crippen LogP) is 6.30. The van der Waals surface area contributed by atoms with Gasteiger partial charge < -0.3 is 10.1 Å². The van der Waals surface area contributed by atoms with Crippen LogP contribution in [0.25, 0.3) is 0 Å². The highest BCUT2D eigenvalue weighted by atomic mass is 35.5. The normalized spacial score (nSPS) is 12.1. The molecule has 2 aromatic carbocycles. The average Bonchev–Trinajstić information content (AvgIpc) is 2.62. The van der Waals surface area contributed by atoms with Crippen molar-refractivity contribution in [2.45, 2.75) is 52.9 Å². The number of carbonyl (C=O) groups excluding carboxylic acids is 1. The van der Waals surface area contributed by atoms with Crippen LogP contribution < -0.4 is 10.1 Å². The van der Waals surface area contributed by atoms with E-state index >= 15 is 0 Å². The molecule has 2 aromatic rings. The van der Waals surface area contributed by atoms with E-state index in [4.69, 9.17) is 16.3 Å². The Morgan fingerprint density at radius 2 is 1.85 bits per heavy atom. The van der Waals surface area contributed by atoms with Gasteiger partial charge in [-0.15, -0.1) is 0 Å².